The lowest BCUT2D eigenvalue weighted by Gasteiger charge is -2.32. The third kappa shape index (κ3) is 9.10. The van der Waals surface area contributed by atoms with Gasteiger partial charge < -0.3 is 19.7 Å². The van der Waals surface area contributed by atoms with Gasteiger partial charge >= 0.3 is 6.09 Å². The minimum absolute atomic E-state index is 0.214. The number of rotatable bonds is 11. The summed E-state index contributed by atoms with van der Waals surface area (Å²) in [6.45, 7) is 16.4. The number of benzene rings is 2. The molecule has 1 aliphatic rings. The van der Waals surface area contributed by atoms with E-state index in [0.717, 1.165) is 30.5 Å². The van der Waals surface area contributed by atoms with E-state index in [4.69, 9.17) is 9.47 Å². The van der Waals surface area contributed by atoms with Gasteiger partial charge in [0, 0.05) is 32.7 Å². The zero-order valence-electron chi connectivity index (χ0n) is 23.9. The number of carbonyl (C=O) groups is 2. The van der Waals surface area contributed by atoms with Crippen molar-refractivity contribution in [2.75, 3.05) is 32.7 Å². The second kappa shape index (κ2) is 13.6. The summed E-state index contributed by atoms with van der Waals surface area (Å²) in [4.78, 5) is 28.2. The minimum Gasteiger partial charge on any atom is -0.484 e. The maximum atomic E-state index is 14.6. The van der Waals surface area contributed by atoms with Crippen molar-refractivity contribution in [1.29, 1.82) is 0 Å². The monoisotopic (exact) mass is 539 g/mol. The molecule has 2 aromatic carbocycles. The first-order valence-corrected chi connectivity index (χ1v) is 13.6. The van der Waals surface area contributed by atoms with Gasteiger partial charge in [-0.1, -0.05) is 31.7 Å². The van der Waals surface area contributed by atoms with Gasteiger partial charge in [-0.25, -0.2) is 9.18 Å². The van der Waals surface area contributed by atoms with E-state index in [1.165, 1.54) is 17.7 Å². The molecule has 0 radical (unpaired) electrons. The fourth-order valence-electron chi connectivity index (χ4n) is 4.53. The van der Waals surface area contributed by atoms with Crippen LogP contribution in [-0.2, 0) is 22.5 Å². The van der Waals surface area contributed by atoms with Crippen molar-refractivity contribution >= 4 is 12.0 Å². The molecule has 0 bridgehead atoms. The standard InChI is InChI=1S/C31H42FN3O4/c1-7-15-34(17-14-33-29(36)8-2)21-28(24-10-9-22(3)27(32)19-24)38-26-12-11-23-13-16-35(20-25(23)18-26)30(37)39-31(4,5)6/h8-12,18-19,28H,2,7,13-17,20-21H2,1,3-6H3,(H,33,36)/t28-/m1/s1. The Labute approximate surface area is 232 Å². The lowest BCUT2D eigenvalue weighted by atomic mass is 9.99. The van der Waals surface area contributed by atoms with Gasteiger partial charge in [-0.3, -0.25) is 9.69 Å². The summed E-state index contributed by atoms with van der Waals surface area (Å²) < 4.78 is 26.7. The number of nitrogens with one attached hydrogen (secondary N) is 1. The SMILES string of the molecule is C=CC(=O)NCCN(CCC)C[C@@H](Oc1ccc2c(c1)CN(C(=O)OC(C)(C)C)CC2)c1ccc(C)c(F)c1. The van der Waals surface area contributed by atoms with Crippen LogP contribution in [0.5, 0.6) is 5.75 Å². The van der Waals surface area contributed by atoms with Crippen LogP contribution in [-0.4, -0.2) is 60.1 Å². The Bertz CT molecular complexity index is 1160. The second-order valence-corrected chi connectivity index (χ2v) is 11.0. The summed E-state index contributed by atoms with van der Waals surface area (Å²) in [5.41, 5.74) is 2.94. The molecule has 39 heavy (non-hydrogen) atoms. The Kier molecular flexibility index (Phi) is 10.5. The Hall–Kier alpha value is -3.39. The molecular weight excluding hydrogens is 497 g/mol. The molecule has 0 unspecified atom stereocenters. The molecule has 1 heterocycles. The quantitative estimate of drug-likeness (QED) is 0.379. The summed E-state index contributed by atoms with van der Waals surface area (Å²) in [5, 5.41) is 2.82. The van der Waals surface area contributed by atoms with E-state index >= 15 is 0 Å². The van der Waals surface area contributed by atoms with Gasteiger partial charge in [0.2, 0.25) is 5.91 Å². The number of hydrogen-bond donors (Lipinski definition) is 1. The van der Waals surface area contributed by atoms with E-state index in [1.807, 2.05) is 45.0 Å². The molecule has 2 aromatic rings. The van der Waals surface area contributed by atoms with Gasteiger partial charge in [0.25, 0.3) is 0 Å². The number of hydrogen-bond acceptors (Lipinski definition) is 5. The summed E-state index contributed by atoms with van der Waals surface area (Å²) in [6, 6.07) is 11.1. The molecule has 0 fully saturated rings. The van der Waals surface area contributed by atoms with Crippen molar-refractivity contribution in [1.82, 2.24) is 15.1 Å². The Morgan fingerprint density at radius 1 is 1.18 bits per heavy atom. The Balaban J connectivity index is 1.81. The maximum Gasteiger partial charge on any atom is 0.410 e. The number of carbonyl (C=O) groups excluding carboxylic acids is 2. The smallest absolute Gasteiger partial charge is 0.410 e. The normalized spacial score (nSPS) is 14.0. The van der Waals surface area contributed by atoms with Gasteiger partial charge in [0.15, 0.2) is 0 Å². The van der Waals surface area contributed by atoms with E-state index < -0.39 is 11.7 Å². The third-order valence-electron chi connectivity index (χ3n) is 6.56. The molecule has 1 atom stereocenters. The average molecular weight is 540 g/mol. The second-order valence-electron chi connectivity index (χ2n) is 11.0. The van der Waals surface area contributed by atoms with Crippen LogP contribution in [0.15, 0.2) is 49.1 Å². The molecule has 3 rings (SSSR count). The van der Waals surface area contributed by atoms with Gasteiger partial charge in [0.05, 0.1) is 0 Å². The van der Waals surface area contributed by atoms with Gasteiger partial charge in [0.1, 0.15) is 23.3 Å². The molecule has 0 saturated carbocycles. The average Bonchev–Trinajstić information content (AvgIpc) is 2.88. The Morgan fingerprint density at radius 2 is 1.95 bits per heavy atom. The van der Waals surface area contributed by atoms with Gasteiger partial charge in [-0.05, 0) is 93.6 Å². The molecule has 8 heteroatoms. The highest BCUT2D eigenvalue weighted by atomic mass is 19.1. The zero-order chi connectivity index (χ0) is 28.6. The van der Waals surface area contributed by atoms with Crippen molar-refractivity contribution in [2.45, 2.75) is 65.7 Å². The van der Waals surface area contributed by atoms with Crippen molar-refractivity contribution in [3.8, 4) is 5.75 Å². The first kappa shape index (κ1) is 30.2. The molecule has 1 N–H and O–H groups in total. The highest BCUT2D eigenvalue weighted by Crippen LogP contribution is 2.29. The largest absolute Gasteiger partial charge is 0.484 e. The number of aryl methyl sites for hydroxylation is 1. The summed E-state index contributed by atoms with van der Waals surface area (Å²) in [6.07, 6.45) is 2.15. The molecule has 0 saturated heterocycles. The van der Waals surface area contributed by atoms with Crippen molar-refractivity contribution < 1.29 is 23.5 Å². The number of ether oxygens (including phenoxy) is 2. The third-order valence-corrected chi connectivity index (χ3v) is 6.56. The lowest BCUT2D eigenvalue weighted by molar-refractivity contribution is -0.116. The van der Waals surface area contributed by atoms with E-state index in [1.54, 1.807) is 17.9 Å². The van der Waals surface area contributed by atoms with E-state index in [9.17, 15) is 14.0 Å². The summed E-state index contributed by atoms with van der Waals surface area (Å²) in [5.74, 6) is 0.163. The highest BCUT2D eigenvalue weighted by molar-refractivity contribution is 5.86. The van der Waals surface area contributed by atoms with E-state index in [-0.39, 0.29) is 17.8 Å². The molecule has 2 amide bonds. The van der Waals surface area contributed by atoms with Gasteiger partial charge in [-0.15, -0.1) is 0 Å². The molecule has 0 aromatic heterocycles. The van der Waals surface area contributed by atoms with E-state index in [2.05, 4.69) is 23.7 Å². The van der Waals surface area contributed by atoms with Crippen LogP contribution in [0.2, 0.25) is 0 Å². The maximum absolute atomic E-state index is 14.6. The predicted octanol–water partition coefficient (Wildman–Crippen LogP) is 5.56. The van der Waals surface area contributed by atoms with Crippen LogP contribution in [0.1, 0.15) is 62.5 Å². The molecule has 212 valence electrons. The summed E-state index contributed by atoms with van der Waals surface area (Å²) in [7, 11) is 0. The number of nitrogens with zero attached hydrogens (tertiary/aromatic N) is 2. The highest BCUT2D eigenvalue weighted by Gasteiger charge is 2.26. The summed E-state index contributed by atoms with van der Waals surface area (Å²) >= 11 is 0. The molecule has 0 spiro atoms. The fraction of sp³-hybridized carbons (Fsp3) is 0.484. The molecular formula is C31H42FN3O4. The lowest BCUT2D eigenvalue weighted by Crippen LogP contribution is -2.40. The Morgan fingerprint density at radius 3 is 2.62 bits per heavy atom. The van der Waals surface area contributed by atoms with Crippen molar-refractivity contribution in [3.05, 3.63) is 77.1 Å². The van der Waals surface area contributed by atoms with Crippen LogP contribution in [0.25, 0.3) is 0 Å². The fourth-order valence-corrected chi connectivity index (χ4v) is 4.53. The van der Waals surface area contributed by atoms with Gasteiger partial charge in [-0.2, -0.15) is 0 Å². The van der Waals surface area contributed by atoms with Crippen molar-refractivity contribution in [2.24, 2.45) is 0 Å². The van der Waals surface area contributed by atoms with E-state index in [0.29, 0.717) is 44.0 Å². The molecule has 7 nitrogen and oxygen atoms in total. The molecule has 1 aliphatic heterocycles. The predicted molar refractivity (Wildman–Crippen MR) is 151 cm³/mol. The van der Waals surface area contributed by atoms with Crippen LogP contribution in [0.3, 0.4) is 0 Å². The number of fused-ring (bicyclic) bond motifs is 1. The first-order chi connectivity index (χ1) is 18.5. The number of halogens is 1. The minimum atomic E-state index is -0.558. The topological polar surface area (TPSA) is 71.1 Å². The van der Waals surface area contributed by atoms with Crippen LogP contribution in [0.4, 0.5) is 9.18 Å². The van der Waals surface area contributed by atoms with Crippen LogP contribution in [0, 0.1) is 12.7 Å². The van der Waals surface area contributed by atoms with Crippen LogP contribution >= 0.6 is 0 Å². The van der Waals surface area contributed by atoms with Crippen molar-refractivity contribution in [3.63, 3.8) is 0 Å². The number of amides is 2. The first-order valence-electron chi connectivity index (χ1n) is 13.6. The zero-order valence-corrected chi connectivity index (χ0v) is 23.9. The van der Waals surface area contributed by atoms with Crippen LogP contribution < -0.4 is 10.1 Å². The molecule has 0 aliphatic carbocycles.